The minimum Gasteiger partial charge on any atom is -0.495 e. The SMILES string of the molecule is CCc1cc(C(O)C2=CCCCO2)n(C)n1. The highest BCUT2D eigenvalue weighted by Gasteiger charge is 2.20. The van der Waals surface area contributed by atoms with Crippen molar-refractivity contribution >= 4 is 0 Å². The first-order valence-corrected chi connectivity index (χ1v) is 5.76. The third-order valence-corrected chi connectivity index (χ3v) is 2.84. The molecule has 0 spiro atoms. The Labute approximate surface area is 95.5 Å². The van der Waals surface area contributed by atoms with Crippen LogP contribution in [0.5, 0.6) is 0 Å². The second kappa shape index (κ2) is 4.70. The molecule has 1 N–H and O–H groups in total. The molecule has 4 heteroatoms. The third kappa shape index (κ3) is 2.11. The fourth-order valence-electron chi connectivity index (χ4n) is 1.88. The second-order valence-corrected chi connectivity index (χ2v) is 4.04. The normalized spacial score (nSPS) is 17.8. The molecular formula is C12H18N2O2. The summed E-state index contributed by atoms with van der Waals surface area (Å²) in [6.07, 6.45) is 4.16. The van der Waals surface area contributed by atoms with Crippen LogP contribution < -0.4 is 0 Å². The van der Waals surface area contributed by atoms with Crippen LogP contribution in [0.25, 0.3) is 0 Å². The maximum absolute atomic E-state index is 10.2. The zero-order valence-corrected chi connectivity index (χ0v) is 9.81. The number of ether oxygens (including phenoxy) is 1. The van der Waals surface area contributed by atoms with Gasteiger partial charge in [-0.2, -0.15) is 5.10 Å². The number of rotatable bonds is 3. The molecule has 2 rings (SSSR count). The number of allylic oxidation sites excluding steroid dienone is 1. The topological polar surface area (TPSA) is 47.3 Å². The number of aryl methyl sites for hydroxylation is 2. The highest BCUT2D eigenvalue weighted by molar-refractivity contribution is 5.20. The summed E-state index contributed by atoms with van der Waals surface area (Å²) in [5, 5.41) is 14.5. The van der Waals surface area contributed by atoms with Crippen molar-refractivity contribution in [2.24, 2.45) is 7.05 Å². The lowest BCUT2D eigenvalue weighted by Gasteiger charge is -2.19. The Hall–Kier alpha value is -1.29. The second-order valence-electron chi connectivity index (χ2n) is 4.04. The summed E-state index contributed by atoms with van der Waals surface area (Å²) >= 11 is 0. The standard InChI is InChI=1S/C12H18N2O2/c1-3-9-8-10(14(2)13-9)12(15)11-6-4-5-7-16-11/h6,8,12,15H,3-5,7H2,1-2H3. The van der Waals surface area contributed by atoms with Gasteiger partial charge >= 0.3 is 0 Å². The van der Waals surface area contributed by atoms with Crippen LogP contribution in [-0.2, 0) is 18.2 Å². The van der Waals surface area contributed by atoms with Gasteiger partial charge in [0, 0.05) is 7.05 Å². The molecule has 0 radical (unpaired) electrons. The molecular weight excluding hydrogens is 204 g/mol. The molecule has 1 atom stereocenters. The first-order valence-electron chi connectivity index (χ1n) is 5.76. The van der Waals surface area contributed by atoms with E-state index in [0.717, 1.165) is 30.7 Å². The van der Waals surface area contributed by atoms with Gasteiger partial charge < -0.3 is 9.84 Å². The molecule has 88 valence electrons. The van der Waals surface area contributed by atoms with E-state index in [0.29, 0.717) is 12.4 Å². The van der Waals surface area contributed by atoms with E-state index in [1.807, 2.05) is 19.2 Å². The Morgan fingerprint density at radius 2 is 2.44 bits per heavy atom. The van der Waals surface area contributed by atoms with Crippen LogP contribution in [0.15, 0.2) is 17.9 Å². The van der Waals surface area contributed by atoms with Crippen molar-refractivity contribution in [3.63, 3.8) is 0 Å². The molecule has 1 aromatic heterocycles. The van der Waals surface area contributed by atoms with Crippen molar-refractivity contribution in [3.8, 4) is 0 Å². The van der Waals surface area contributed by atoms with Crippen molar-refractivity contribution in [1.82, 2.24) is 9.78 Å². The van der Waals surface area contributed by atoms with Gasteiger partial charge in [0.25, 0.3) is 0 Å². The summed E-state index contributed by atoms with van der Waals surface area (Å²) in [7, 11) is 1.85. The summed E-state index contributed by atoms with van der Waals surface area (Å²) in [6.45, 7) is 2.75. The Balaban J connectivity index is 2.22. The lowest BCUT2D eigenvalue weighted by Crippen LogP contribution is -2.12. The van der Waals surface area contributed by atoms with Crippen LogP contribution in [0.2, 0.25) is 0 Å². The quantitative estimate of drug-likeness (QED) is 0.847. The first-order chi connectivity index (χ1) is 7.72. The molecule has 0 saturated carbocycles. The first kappa shape index (κ1) is 11.2. The van der Waals surface area contributed by atoms with E-state index in [2.05, 4.69) is 12.0 Å². The predicted molar refractivity (Wildman–Crippen MR) is 60.8 cm³/mol. The average molecular weight is 222 g/mol. The molecule has 0 bridgehead atoms. The summed E-state index contributed by atoms with van der Waals surface area (Å²) in [5.41, 5.74) is 1.79. The fraction of sp³-hybridized carbons (Fsp3) is 0.583. The molecule has 1 aliphatic rings. The van der Waals surface area contributed by atoms with Crippen LogP contribution in [0, 0.1) is 0 Å². The highest BCUT2D eigenvalue weighted by atomic mass is 16.5. The van der Waals surface area contributed by atoms with Gasteiger partial charge in [-0.15, -0.1) is 0 Å². The van der Waals surface area contributed by atoms with E-state index < -0.39 is 6.10 Å². The maximum atomic E-state index is 10.2. The lowest BCUT2D eigenvalue weighted by molar-refractivity contribution is 0.0872. The molecule has 0 aliphatic carbocycles. The molecule has 16 heavy (non-hydrogen) atoms. The number of aromatic nitrogens is 2. The zero-order valence-electron chi connectivity index (χ0n) is 9.81. The monoisotopic (exact) mass is 222 g/mol. The average Bonchev–Trinajstić information content (AvgIpc) is 2.71. The lowest BCUT2D eigenvalue weighted by atomic mass is 10.1. The van der Waals surface area contributed by atoms with Crippen LogP contribution in [-0.4, -0.2) is 21.5 Å². The van der Waals surface area contributed by atoms with E-state index in [1.165, 1.54) is 0 Å². The van der Waals surface area contributed by atoms with Crippen molar-refractivity contribution in [3.05, 3.63) is 29.3 Å². The fourth-order valence-corrected chi connectivity index (χ4v) is 1.88. The maximum Gasteiger partial charge on any atom is 0.152 e. The van der Waals surface area contributed by atoms with E-state index in [-0.39, 0.29) is 0 Å². The number of aliphatic hydroxyl groups excluding tert-OH is 1. The third-order valence-electron chi connectivity index (χ3n) is 2.84. The minimum atomic E-state index is -0.682. The molecule has 0 aromatic carbocycles. The van der Waals surface area contributed by atoms with Gasteiger partial charge in [0.2, 0.25) is 0 Å². The Bertz CT molecular complexity index is 396. The van der Waals surface area contributed by atoms with Crippen LogP contribution >= 0.6 is 0 Å². The Morgan fingerprint density at radius 1 is 1.62 bits per heavy atom. The van der Waals surface area contributed by atoms with Gasteiger partial charge in [-0.05, 0) is 31.4 Å². The minimum absolute atomic E-state index is 0.664. The van der Waals surface area contributed by atoms with Crippen molar-refractivity contribution in [2.75, 3.05) is 6.61 Å². The number of aliphatic hydroxyl groups is 1. The predicted octanol–water partition coefficient (Wildman–Crippen LogP) is 1.71. The van der Waals surface area contributed by atoms with Gasteiger partial charge in [0.1, 0.15) is 5.76 Å². The van der Waals surface area contributed by atoms with Crippen molar-refractivity contribution < 1.29 is 9.84 Å². The molecule has 0 fully saturated rings. The van der Waals surface area contributed by atoms with E-state index in [4.69, 9.17) is 4.74 Å². The number of hydrogen-bond donors (Lipinski definition) is 1. The molecule has 1 aliphatic heterocycles. The molecule has 1 aromatic rings. The summed E-state index contributed by atoms with van der Waals surface area (Å²) in [6, 6.07) is 1.93. The Morgan fingerprint density at radius 3 is 3.00 bits per heavy atom. The highest BCUT2D eigenvalue weighted by Crippen LogP contribution is 2.26. The largest absolute Gasteiger partial charge is 0.495 e. The Kier molecular flexibility index (Phi) is 3.29. The van der Waals surface area contributed by atoms with Crippen LogP contribution in [0.1, 0.15) is 37.3 Å². The summed E-state index contributed by atoms with van der Waals surface area (Å²) in [5.74, 6) is 0.664. The van der Waals surface area contributed by atoms with Gasteiger partial charge in [0.05, 0.1) is 18.0 Å². The van der Waals surface area contributed by atoms with E-state index in [9.17, 15) is 5.11 Å². The van der Waals surface area contributed by atoms with Gasteiger partial charge in [0.15, 0.2) is 6.10 Å². The van der Waals surface area contributed by atoms with Crippen LogP contribution in [0.4, 0.5) is 0 Å². The van der Waals surface area contributed by atoms with E-state index in [1.54, 1.807) is 4.68 Å². The van der Waals surface area contributed by atoms with Crippen molar-refractivity contribution in [2.45, 2.75) is 32.3 Å². The molecule has 0 saturated heterocycles. The van der Waals surface area contributed by atoms with E-state index >= 15 is 0 Å². The molecule has 4 nitrogen and oxygen atoms in total. The van der Waals surface area contributed by atoms with Gasteiger partial charge in [-0.1, -0.05) is 6.92 Å². The van der Waals surface area contributed by atoms with Crippen molar-refractivity contribution in [1.29, 1.82) is 0 Å². The smallest absolute Gasteiger partial charge is 0.152 e. The number of hydrogen-bond acceptors (Lipinski definition) is 3. The number of nitrogens with zero attached hydrogens (tertiary/aromatic N) is 2. The van der Waals surface area contributed by atoms with Gasteiger partial charge in [-0.25, -0.2) is 0 Å². The van der Waals surface area contributed by atoms with Crippen LogP contribution in [0.3, 0.4) is 0 Å². The molecule has 1 unspecified atom stereocenters. The van der Waals surface area contributed by atoms with Gasteiger partial charge in [-0.3, -0.25) is 4.68 Å². The zero-order chi connectivity index (χ0) is 11.5. The summed E-state index contributed by atoms with van der Waals surface area (Å²) < 4.78 is 7.19. The molecule has 2 heterocycles. The molecule has 0 amide bonds. The summed E-state index contributed by atoms with van der Waals surface area (Å²) in [4.78, 5) is 0.